The maximum absolute atomic E-state index is 13.8. The number of fused-ring (bicyclic) bond motifs is 1. The summed E-state index contributed by atoms with van der Waals surface area (Å²) >= 11 is 0. The van der Waals surface area contributed by atoms with Crippen LogP contribution >= 0.6 is 0 Å². The summed E-state index contributed by atoms with van der Waals surface area (Å²) in [6, 6.07) is 1.16. The van der Waals surface area contributed by atoms with Gasteiger partial charge in [0.25, 0.3) is 0 Å². The summed E-state index contributed by atoms with van der Waals surface area (Å²) < 4.78 is 56.3. The summed E-state index contributed by atoms with van der Waals surface area (Å²) in [4.78, 5) is 3.59. The van der Waals surface area contributed by atoms with Crippen LogP contribution in [0.25, 0.3) is 0 Å². The van der Waals surface area contributed by atoms with E-state index < -0.39 is 32.6 Å². The molecule has 0 amide bonds. The van der Waals surface area contributed by atoms with Gasteiger partial charge in [-0.25, -0.2) is 26.9 Å². The Morgan fingerprint density at radius 1 is 1.32 bits per heavy atom. The fourth-order valence-corrected chi connectivity index (χ4v) is 4.07. The van der Waals surface area contributed by atoms with Crippen molar-refractivity contribution in [3.63, 3.8) is 0 Å². The molecule has 0 aliphatic carbocycles. The average molecular weight is 327 g/mol. The number of nitrogens with zero attached hydrogens (tertiary/aromatic N) is 2. The standard InChI is InChI=1S/C14H15F2N3O2S/c1-8-5-13(11(16)7-10(8)15)22(20,21)18-12-6-9(2)19-4-3-17-14(12)19/h3-5,7,9,12,18H,6H2,1-2H3. The van der Waals surface area contributed by atoms with Gasteiger partial charge < -0.3 is 4.57 Å². The molecule has 0 saturated heterocycles. The van der Waals surface area contributed by atoms with E-state index in [0.717, 1.165) is 6.07 Å². The Kier molecular flexibility index (Phi) is 3.53. The van der Waals surface area contributed by atoms with Crippen molar-refractivity contribution in [3.05, 3.63) is 47.5 Å². The Hall–Kier alpha value is -1.80. The molecule has 3 rings (SSSR count). The molecular weight excluding hydrogens is 312 g/mol. The number of hydrogen-bond acceptors (Lipinski definition) is 3. The van der Waals surface area contributed by atoms with Crippen molar-refractivity contribution in [2.45, 2.75) is 37.2 Å². The summed E-state index contributed by atoms with van der Waals surface area (Å²) in [6.07, 6.45) is 3.90. The van der Waals surface area contributed by atoms with E-state index in [1.54, 1.807) is 12.4 Å². The lowest BCUT2D eigenvalue weighted by molar-refractivity contribution is 0.510. The van der Waals surface area contributed by atoms with Gasteiger partial charge in [0, 0.05) is 24.5 Å². The van der Waals surface area contributed by atoms with Gasteiger partial charge in [0.05, 0.1) is 6.04 Å². The van der Waals surface area contributed by atoms with Gasteiger partial charge in [0.15, 0.2) is 0 Å². The zero-order valence-electron chi connectivity index (χ0n) is 12.0. The number of aryl methyl sites for hydroxylation is 1. The van der Waals surface area contributed by atoms with Gasteiger partial charge in [-0.1, -0.05) is 0 Å². The molecule has 2 unspecified atom stereocenters. The number of hydrogen-bond donors (Lipinski definition) is 1. The number of rotatable bonds is 3. The fraction of sp³-hybridized carbons (Fsp3) is 0.357. The Balaban J connectivity index is 1.95. The van der Waals surface area contributed by atoms with Crippen molar-refractivity contribution in [3.8, 4) is 0 Å². The van der Waals surface area contributed by atoms with Gasteiger partial charge in [-0.05, 0) is 31.9 Å². The molecule has 1 aliphatic heterocycles. The Morgan fingerprint density at radius 2 is 2.05 bits per heavy atom. The highest BCUT2D eigenvalue weighted by molar-refractivity contribution is 7.89. The molecule has 2 heterocycles. The van der Waals surface area contributed by atoms with Crippen LogP contribution in [-0.2, 0) is 10.0 Å². The molecule has 0 radical (unpaired) electrons. The van der Waals surface area contributed by atoms with E-state index in [2.05, 4.69) is 9.71 Å². The van der Waals surface area contributed by atoms with E-state index in [4.69, 9.17) is 0 Å². The van der Waals surface area contributed by atoms with Gasteiger partial charge in [-0.15, -0.1) is 0 Å². The summed E-state index contributed by atoms with van der Waals surface area (Å²) in [7, 11) is -4.10. The molecule has 22 heavy (non-hydrogen) atoms. The van der Waals surface area contributed by atoms with E-state index in [-0.39, 0.29) is 11.6 Å². The van der Waals surface area contributed by atoms with Gasteiger partial charge in [0.2, 0.25) is 10.0 Å². The molecule has 0 spiro atoms. The molecule has 8 heteroatoms. The van der Waals surface area contributed by atoms with E-state index in [1.807, 2.05) is 11.5 Å². The van der Waals surface area contributed by atoms with Crippen LogP contribution in [0.3, 0.4) is 0 Å². The largest absolute Gasteiger partial charge is 0.331 e. The Bertz CT molecular complexity index is 833. The van der Waals surface area contributed by atoms with Crippen molar-refractivity contribution >= 4 is 10.0 Å². The summed E-state index contributed by atoms with van der Waals surface area (Å²) in [5.74, 6) is -1.29. The molecular formula is C14H15F2N3O2S. The van der Waals surface area contributed by atoms with E-state index in [0.29, 0.717) is 18.3 Å². The number of nitrogens with one attached hydrogen (secondary N) is 1. The fourth-order valence-electron chi connectivity index (χ4n) is 2.72. The molecule has 5 nitrogen and oxygen atoms in total. The van der Waals surface area contributed by atoms with Gasteiger partial charge in [-0.2, -0.15) is 0 Å². The highest BCUT2D eigenvalue weighted by atomic mass is 32.2. The van der Waals surface area contributed by atoms with Crippen LogP contribution in [0, 0.1) is 18.6 Å². The summed E-state index contributed by atoms with van der Waals surface area (Å²) in [6.45, 7) is 3.33. The first kappa shape index (κ1) is 15.1. The second-order valence-electron chi connectivity index (χ2n) is 5.48. The first-order valence-corrected chi connectivity index (χ1v) is 8.28. The zero-order valence-corrected chi connectivity index (χ0v) is 12.9. The van der Waals surface area contributed by atoms with Crippen LogP contribution in [0.4, 0.5) is 8.78 Å². The number of benzene rings is 1. The maximum atomic E-state index is 13.8. The van der Waals surface area contributed by atoms with Crippen LogP contribution in [0.1, 0.15) is 36.8 Å². The topological polar surface area (TPSA) is 64.0 Å². The lowest BCUT2D eigenvalue weighted by Crippen LogP contribution is -2.28. The van der Waals surface area contributed by atoms with Gasteiger partial charge >= 0.3 is 0 Å². The Labute approximate surface area is 127 Å². The molecule has 2 atom stereocenters. The van der Waals surface area contributed by atoms with Crippen LogP contribution in [-0.4, -0.2) is 18.0 Å². The minimum Gasteiger partial charge on any atom is -0.331 e. The van der Waals surface area contributed by atoms with Crippen molar-refractivity contribution < 1.29 is 17.2 Å². The second kappa shape index (κ2) is 5.13. The monoisotopic (exact) mass is 327 g/mol. The van der Waals surface area contributed by atoms with Crippen molar-refractivity contribution in [2.75, 3.05) is 0 Å². The smallest absolute Gasteiger partial charge is 0.244 e. The predicted octanol–water partition coefficient (Wildman–Crippen LogP) is 2.45. The third-order valence-corrected chi connectivity index (χ3v) is 5.35. The number of imidazole rings is 1. The highest BCUT2D eigenvalue weighted by Gasteiger charge is 2.33. The molecule has 1 N–H and O–H groups in total. The highest BCUT2D eigenvalue weighted by Crippen LogP contribution is 2.34. The normalized spacial score (nSPS) is 21.1. The third kappa shape index (κ3) is 2.42. The van der Waals surface area contributed by atoms with Crippen LogP contribution < -0.4 is 4.72 Å². The minimum absolute atomic E-state index is 0.0723. The number of halogens is 2. The summed E-state index contributed by atoms with van der Waals surface area (Å²) in [5, 5.41) is 0. The molecule has 1 aromatic heterocycles. The van der Waals surface area contributed by atoms with Gasteiger partial charge in [0.1, 0.15) is 22.4 Å². The van der Waals surface area contributed by atoms with Crippen LogP contribution in [0.5, 0.6) is 0 Å². The van der Waals surface area contributed by atoms with Crippen molar-refractivity contribution in [1.82, 2.24) is 14.3 Å². The molecule has 1 aliphatic rings. The van der Waals surface area contributed by atoms with E-state index in [1.165, 1.54) is 6.92 Å². The molecule has 1 aromatic carbocycles. The zero-order chi connectivity index (χ0) is 16.1. The molecule has 0 bridgehead atoms. The van der Waals surface area contributed by atoms with E-state index >= 15 is 0 Å². The average Bonchev–Trinajstić information content (AvgIpc) is 2.99. The Morgan fingerprint density at radius 3 is 2.77 bits per heavy atom. The van der Waals surface area contributed by atoms with Crippen LogP contribution in [0.15, 0.2) is 29.4 Å². The lowest BCUT2D eigenvalue weighted by atomic mass is 10.2. The SMILES string of the molecule is Cc1cc(S(=O)(=O)NC2CC(C)n3ccnc32)c(F)cc1F. The predicted molar refractivity (Wildman–Crippen MR) is 75.7 cm³/mol. The third-order valence-electron chi connectivity index (χ3n) is 3.86. The molecule has 0 saturated carbocycles. The minimum atomic E-state index is -4.10. The maximum Gasteiger partial charge on any atom is 0.244 e. The molecule has 0 fully saturated rings. The first-order valence-electron chi connectivity index (χ1n) is 6.80. The van der Waals surface area contributed by atoms with Crippen molar-refractivity contribution in [2.24, 2.45) is 0 Å². The molecule has 2 aromatic rings. The van der Waals surface area contributed by atoms with Crippen molar-refractivity contribution in [1.29, 1.82) is 0 Å². The lowest BCUT2D eigenvalue weighted by Gasteiger charge is -2.13. The van der Waals surface area contributed by atoms with E-state index in [9.17, 15) is 17.2 Å². The molecule has 118 valence electrons. The quantitative estimate of drug-likeness (QED) is 0.942. The van der Waals surface area contributed by atoms with Crippen LogP contribution in [0.2, 0.25) is 0 Å². The van der Waals surface area contributed by atoms with Gasteiger partial charge in [-0.3, -0.25) is 0 Å². The number of aromatic nitrogens is 2. The second-order valence-corrected chi connectivity index (χ2v) is 7.17. The first-order chi connectivity index (χ1) is 10.3. The number of sulfonamides is 1. The summed E-state index contributed by atoms with van der Waals surface area (Å²) in [5.41, 5.74) is 0.0723.